The quantitative estimate of drug-likeness (QED) is 0.853. The Kier molecular flexibility index (Phi) is 5.09. The highest BCUT2D eigenvalue weighted by Gasteiger charge is 2.43. The van der Waals surface area contributed by atoms with Crippen LogP contribution in [0.4, 0.5) is 5.95 Å². The van der Waals surface area contributed by atoms with Crippen LogP contribution in [-0.2, 0) is 9.53 Å². The third-order valence-electron chi connectivity index (χ3n) is 5.68. The minimum Gasteiger partial charge on any atom is -0.372 e. The SMILES string of the molecule is C[C@@H]1CN(C(=O)CN2C[C@@H](Nc3ncccn3)[C@H](C3CC3)C2)C[C@H](C)O1. The van der Waals surface area contributed by atoms with E-state index in [0.29, 0.717) is 37.5 Å². The van der Waals surface area contributed by atoms with E-state index in [9.17, 15) is 4.79 Å². The molecule has 0 bridgehead atoms. The average molecular weight is 359 g/mol. The summed E-state index contributed by atoms with van der Waals surface area (Å²) in [4.78, 5) is 25.7. The van der Waals surface area contributed by atoms with Crippen molar-refractivity contribution in [1.29, 1.82) is 0 Å². The van der Waals surface area contributed by atoms with E-state index in [-0.39, 0.29) is 18.1 Å². The lowest BCUT2D eigenvalue weighted by atomic mass is 9.98. The number of amides is 1. The fraction of sp³-hybridized carbons (Fsp3) is 0.737. The molecule has 26 heavy (non-hydrogen) atoms. The van der Waals surface area contributed by atoms with Gasteiger partial charge < -0.3 is 15.0 Å². The lowest BCUT2D eigenvalue weighted by molar-refractivity contribution is -0.144. The Morgan fingerprint density at radius 1 is 1.15 bits per heavy atom. The number of hydrogen-bond donors (Lipinski definition) is 1. The first kappa shape index (κ1) is 17.7. The predicted molar refractivity (Wildman–Crippen MR) is 98.7 cm³/mol. The minimum atomic E-state index is 0.116. The minimum absolute atomic E-state index is 0.116. The van der Waals surface area contributed by atoms with E-state index in [1.54, 1.807) is 12.4 Å². The summed E-state index contributed by atoms with van der Waals surface area (Å²) < 4.78 is 5.75. The van der Waals surface area contributed by atoms with Crippen LogP contribution in [0.1, 0.15) is 26.7 Å². The van der Waals surface area contributed by atoms with E-state index in [0.717, 1.165) is 19.0 Å². The summed E-state index contributed by atoms with van der Waals surface area (Å²) in [7, 11) is 0. The molecule has 0 aromatic carbocycles. The normalized spacial score (nSPS) is 32.6. The van der Waals surface area contributed by atoms with E-state index < -0.39 is 0 Å². The second kappa shape index (κ2) is 7.48. The third-order valence-corrected chi connectivity index (χ3v) is 5.68. The van der Waals surface area contributed by atoms with Gasteiger partial charge in [0, 0.05) is 44.6 Å². The molecule has 1 aromatic rings. The van der Waals surface area contributed by atoms with Crippen LogP contribution in [0, 0.1) is 11.8 Å². The Morgan fingerprint density at radius 2 is 1.85 bits per heavy atom. The Bertz CT molecular complexity index is 614. The summed E-state index contributed by atoms with van der Waals surface area (Å²) in [5.41, 5.74) is 0. The van der Waals surface area contributed by atoms with Crippen LogP contribution in [-0.4, -0.2) is 76.6 Å². The number of aromatic nitrogens is 2. The van der Waals surface area contributed by atoms with Gasteiger partial charge in [0.15, 0.2) is 0 Å². The Labute approximate surface area is 155 Å². The van der Waals surface area contributed by atoms with Crippen LogP contribution < -0.4 is 5.32 Å². The molecule has 2 saturated heterocycles. The van der Waals surface area contributed by atoms with Crippen LogP contribution in [0.3, 0.4) is 0 Å². The van der Waals surface area contributed by atoms with Gasteiger partial charge >= 0.3 is 0 Å². The maximum Gasteiger partial charge on any atom is 0.236 e. The number of nitrogens with one attached hydrogen (secondary N) is 1. The van der Waals surface area contributed by atoms with Gasteiger partial charge in [0.25, 0.3) is 0 Å². The van der Waals surface area contributed by atoms with E-state index in [4.69, 9.17) is 4.74 Å². The number of rotatable bonds is 5. The second-order valence-corrected chi connectivity index (χ2v) is 8.07. The Hall–Kier alpha value is -1.73. The van der Waals surface area contributed by atoms with Crippen molar-refractivity contribution < 1.29 is 9.53 Å². The molecule has 7 nitrogen and oxygen atoms in total. The van der Waals surface area contributed by atoms with Gasteiger partial charge in [0.05, 0.1) is 18.8 Å². The van der Waals surface area contributed by atoms with Gasteiger partial charge in [-0.3, -0.25) is 9.69 Å². The number of hydrogen-bond acceptors (Lipinski definition) is 6. The maximum absolute atomic E-state index is 12.8. The molecule has 1 aliphatic carbocycles. The molecule has 2 aliphatic heterocycles. The van der Waals surface area contributed by atoms with Crippen LogP contribution >= 0.6 is 0 Å². The van der Waals surface area contributed by atoms with E-state index in [2.05, 4.69) is 20.2 Å². The van der Waals surface area contributed by atoms with Crippen LogP contribution in [0.2, 0.25) is 0 Å². The summed E-state index contributed by atoms with van der Waals surface area (Å²) in [5, 5.41) is 3.50. The zero-order valence-corrected chi connectivity index (χ0v) is 15.7. The van der Waals surface area contributed by atoms with Crippen molar-refractivity contribution >= 4 is 11.9 Å². The Morgan fingerprint density at radius 3 is 2.50 bits per heavy atom. The Balaban J connectivity index is 1.36. The van der Waals surface area contributed by atoms with E-state index in [1.165, 1.54) is 12.8 Å². The molecule has 7 heteroatoms. The average Bonchev–Trinajstić information content (AvgIpc) is 3.38. The molecule has 0 unspecified atom stereocenters. The van der Waals surface area contributed by atoms with Crippen molar-refractivity contribution in [3.63, 3.8) is 0 Å². The largest absolute Gasteiger partial charge is 0.372 e. The fourth-order valence-electron chi connectivity index (χ4n) is 4.41. The lowest BCUT2D eigenvalue weighted by Crippen LogP contribution is -2.51. The molecule has 0 radical (unpaired) electrons. The third kappa shape index (κ3) is 4.15. The van der Waals surface area contributed by atoms with Gasteiger partial charge in [0.2, 0.25) is 11.9 Å². The van der Waals surface area contributed by atoms with Crippen LogP contribution in [0.5, 0.6) is 0 Å². The monoisotopic (exact) mass is 359 g/mol. The van der Waals surface area contributed by atoms with Gasteiger partial charge in [-0.2, -0.15) is 0 Å². The van der Waals surface area contributed by atoms with Gasteiger partial charge in [-0.25, -0.2) is 9.97 Å². The number of nitrogens with zero attached hydrogens (tertiary/aromatic N) is 4. The number of anilines is 1. The molecule has 4 rings (SSSR count). The standard InChI is InChI=1S/C19H29N5O2/c1-13-8-24(9-14(2)26-13)18(25)12-23-10-16(15-4-5-15)17(11-23)22-19-20-6-3-7-21-19/h3,6-7,13-17H,4-5,8-12H2,1-2H3,(H,20,21,22)/t13-,14+,16-,17+/m0/s1. The zero-order valence-electron chi connectivity index (χ0n) is 15.7. The summed E-state index contributed by atoms with van der Waals surface area (Å²) in [5.74, 6) is 2.26. The van der Waals surface area contributed by atoms with Crippen molar-refractivity contribution in [2.24, 2.45) is 11.8 Å². The number of carbonyl (C=O) groups excluding carboxylic acids is 1. The van der Waals surface area contributed by atoms with Crippen LogP contribution in [0.25, 0.3) is 0 Å². The fourth-order valence-corrected chi connectivity index (χ4v) is 4.41. The van der Waals surface area contributed by atoms with Crippen molar-refractivity contribution in [3.8, 4) is 0 Å². The zero-order chi connectivity index (χ0) is 18.1. The highest BCUT2D eigenvalue weighted by Crippen LogP contribution is 2.42. The molecule has 1 N–H and O–H groups in total. The first-order valence-electron chi connectivity index (χ1n) is 9.77. The molecule has 3 heterocycles. The highest BCUT2D eigenvalue weighted by atomic mass is 16.5. The summed E-state index contributed by atoms with van der Waals surface area (Å²) in [6.45, 7) is 7.82. The van der Waals surface area contributed by atoms with Gasteiger partial charge in [-0.15, -0.1) is 0 Å². The van der Waals surface area contributed by atoms with E-state index in [1.807, 2.05) is 24.8 Å². The van der Waals surface area contributed by atoms with Crippen molar-refractivity contribution in [2.45, 2.75) is 44.9 Å². The van der Waals surface area contributed by atoms with Crippen LogP contribution in [0.15, 0.2) is 18.5 Å². The first-order chi connectivity index (χ1) is 12.6. The molecule has 3 fully saturated rings. The maximum atomic E-state index is 12.8. The van der Waals surface area contributed by atoms with Crippen molar-refractivity contribution in [3.05, 3.63) is 18.5 Å². The van der Waals surface area contributed by atoms with Crippen molar-refractivity contribution in [2.75, 3.05) is 38.0 Å². The van der Waals surface area contributed by atoms with Gasteiger partial charge in [-0.1, -0.05) is 0 Å². The predicted octanol–water partition coefficient (Wildman–Crippen LogP) is 1.23. The molecule has 4 atom stereocenters. The summed E-state index contributed by atoms with van der Waals surface area (Å²) in [6, 6.07) is 2.15. The number of likely N-dealkylation sites (tertiary alicyclic amines) is 1. The molecule has 1 aromatic heterocycles. The number of carbonyl (C=O) groups is 1. The highest BCUT2D eigenvalue weighted by molar-refractivity contribution is 5.78. The summed E-state index contributed by atoms with van der Waals surface area (Å²) in [6.07, 6.45) is 6.37. The molecule has 142 valence electrons. The first-order valence-corrected chi connectivity index (χ1v) is 9.77. The molecular weight excluding hydrogens is 330 g/mol. The molecule has 3 aliphatic rings. The molecule has 0 spiro atoms. The second-order valence-electron chi connectivity index (χ2n) is 8.07. The van der Waals surface area contributed by atoms with Gasteiger partial charge in [-0.05, 0) is 44.6 Å². The topological polar surface area (TPSA) is 70.6 Å². The lowest BCUT2D eigenvalue weighted by Gasteiger charge is -2.36. The summed E-state index contributed by atoms with van der Waals surface area (Å²) >= 11 is 0. The molecular formula is C19H29N5O2. The van der Waals surface area contributed by atoms with Crippen molar-refractivity contribution in [1.82, 2.24) is 19.8 Å². The molecule has 1 saturated carbocycles. The number of morpholine rings is 1. The smallest absolute Gasteiger partial charge is 0.236 e. The van der Waals surface area contributed by atoms with E-state index >= 15 is 0 Å². The number of ether oxygens (including phenoxy) is 1. The molecule has 1 amide bonds. The van der Waals surface area contributed by atoms with Gasteiger partial charge in [0.1, 0.15) is 0 Å².